The summed E-state index contributed by atoms with van der Waals surface area (Å²) in [5, 5.41) is 0. The standard InChI is InChI=1S/C14H7F5O/c1-6-2-3-8(15)11(12(6)18)14(20)7-4-9(16)13(19)10(17)5-7/h2-5H,1H3. The van der Waals surface area contributed by atoms with Crippen LogP contribution >= 0.6 is 0 Å². The molecule has 0 heterocycles. The summed E-state index contributed by atoms with van der Waals surface area (Å²) in [6.07, 6.45) is 0. The Hall–Kier alpha value is -2.24. The number of benzene rings is 2. The van der Waals surface area contributed by atoms with Crippen LogP contribution in [0.15, 0.2) is 24.3 Å². The molecule has 2 aromatic carbocycles. The maximum Gasteiger partial charge on any atom is 0.199 e. The second-order valence-corrected chi connectivity index (χ2v) is 4.14. The van der Waals surface area contributed by atoms with Crippen LogP contribution in [-0.2, 0) is 0 Å². The van der Waals surface area contributed by atoms with Crippen LogP contribution in [0.2, 0.25) is 0 Å². The van der Waals surface area contributed by atoms with Crippen LogP contribution in [0.4, 0.5) is 22.0 Å². The molecule has 0 bridgehead atoms. The van der Waals surface area contributed by atoms with Gasteiger partial charge in [0, 0.05) is 5.56 Å². The third-order valence-electron chi connectivity index (χ3n) is 2.76. The zero-order chi connectivity index (χ0) is 15.0. The summed E-state index contributed by atoms with van der Waals surface area (Å²) in [6, 6.07) is 2.76. The molecule has 20 heavy (non-hydrogen) atoms. The van der Waals surface area contributed by atoms with Crippen molar-refractivity contribution in [3.05, 3.63) is 70.0 Å². The van der Waals surface area contributed by atoms with Crippen molar-refractivity contribution in [3.8, 4) is 0 Å². The van der Waals surface area contributed by atoms with Gasteiger partial charge in [0.05, 0.1) is 5.56 Å². The lowest BCUT2D eigenvalue weighted by Gasteiger charge is -2.07. The minimum absolute atomic E-state index is 0.00203. The van der Waals surface area contributed by atoms with Gasteiger partial charge in [-0.2, -0.15) is 0 Å². The molecular formula is C14H7F5O. The van der Waals surface area contributed by atoms with E-state index in [1.807, 2.05) is 0 Å². The minimum Gasteiger partial charge on any atom is -0.288 e. The Labute approximate surface area is 110 Å². The fourth-order valence-corrected chi connectivity index (χ4v) is 1.70. The molecule has 0 amide bonds. The predicted octanol–water partition coefficient (Wildman–Crippen LogP) is 3.92. The summed E-state index contributed by atoms with van der Waals surface area (Å²) in [5.74, 6) is -8.53. The van der Waals surface area contributed by atoms with E-state index in [2.05, 4.69) is 0 Å². The van der Waals surface area contributed by atoms with Gasteiger partial charge < -0.3 is 0 Å². The van der Waals surface area contributed by atoms with Crippen molar-refractivity contribution in [3.63, 3.8) is 0 Å². The lowest BCUT2D eigenvalue weighted by Crippen LogP contribution is -2.10. The average molecular weight is 286 g/mol. The molecule has 0 aliphatic carbocycles. The van der Waals surface area contributed by atoms with Crippen LogP contribution in [-0.4, -0.2) is 5.78 Å². The molecule has 2 rings (SSSR count). The number of hydrogen-bond donors (Lipinski definition) is 0. The number of carbonyl (C=O) groups is 1. The number of carbonyl (C=O) groups excluding carboxylic acids is 1. The first-order chi connectivity index (χ1) is 9.32. The smallest absolute Gasteiger partial charge is 0.199 e. The first-order valence-electron chi connectivity index (χ1n) is 5.46. The van der Waals surface area contributed by atoms with E-state index in [1.54, 1.807) is 0 Å². The monoisotopic (exact) mass is 286 g/mol. The zero-order valence-corrected chi connectivity index (χ0v) is 10.1. The molecule has 0 atom stereocenters. The number of hydrogen-bond acceptors (Lipinski definition) is 1. The van der Waals surface area contributed by atoms with Crippen molar-refractivity contribution in [2.75, 3.05) is 0 Å². The van der Waals surface area contributed by atoms with Crippen molar-refractivity contribution >= 4 is 5.78 Å². The molecule has 0 saturated carbocycles. The van der Waals surface area contributed by atoms with Gasteiger partial charge in [0.1, 0.15) is 11.6 Å². The average Bonchev–Trinajstić information content (AvgIpc) is 2.40. The van der Waals surface area contributed by atoms with Gasteiger partial charge in [0.15, 0.2) is 23.2 Å². The van der Waals surface area contributed by atoms with E-state index in [4.69, 9.17) is 0 Å². The van der Waals surface area contributed by atoms with E-state index in [0.29, 0.717) is 12.1 Å². The third kappa shape index (κ3) is 2.29. The Morgan fingerprint density at radius 2 is 1.40 bits per heavy atom. The molecule has 0 radical (unpaired) electrons. The minimum atomic E-state index is -1.76. The molecule has 0 saturated heterocycles. The Morgan fingerprint density at radius 1 is 0.850 bits per heavy atom. The van der Waals surface area contributed by atoms with Crippen LogP contribution < -0.4 is 0 Å². The molecule has 104 valence electrons. The molecule has 0 N–H and O–H groups in total. The van der Waals surface area contributed by atoms with Gasteiger partial charge in [-0.3, -0.25) is 4.79 Å². The number of ketones is 1. The second kappa shape index (κ2) is 5.03. The Balaban J connectivity index is 2.61. The fraction of sp³-hybridized carbons (Fsp3) is 0.0714. The molecule has 0 aliphatic rings. The highest BCUT2D eigenvalue weighted by molar-refractivity contribution is 6.09. The van der Waals surface area contributed by atoms with Gasteiger partial charge in [-0.1, -0.05) is 6.07 Å². The van der Waals surface area contributed by atoms with E-state index < -0.39 is 46.0 Å². The van der Waals surface area contributed by atoms with Crippen LogP contribution in [0, 0.1) is 36.0 Å². The van der Waals surface area contributed by atoms with Crippen LogP contribution in [0.5, 0.6) is 0 Å². The number of aryl methyl sites for hydroxylation is 1. The maximum atomic E-state index is 13.8. The summed E-state index contributed by atoms with van der Waals surface area (Å²) in [6.45, 7) is 1.30. The second-order valence-electron chi connectivity index (χ2n) is 4.14. The highest BCUT2D eigenvalue weighted by Gasteiger charge is 2.23. The third-order valence-corrected chi connectivity index (χ3v) is 2.76. The normalized spacial score (nSPS) is 10.7. The lowest BCUT2D eigenvalue weighted by molar-refractivity contribution is 0.102. The Bertz CT molecular complexity index is 686. The zero-order valence-electron chi connectivity index (χ0n) is 10.1. The first kappa shape index (κ1) is 14.2. The van der Waals surface area contributed by atoms with E-state index in [-0.39, 0.29) is 5.56 Å². The Morgan fingerprint density at radius 3 is 1.95 bits per heavy atom. The van der Waals surface area contributed by atoms with Gasteiger partial charge in [0.25, 0.3) is 0 Å². The van der Waals surface area contributed by atoms with Gasteiger partial charge in [-0.25, -0.2) is 22.0 Å². The molecule has 0 unspecified atom stereocenters. The molecule has 6 heteroatoms. The van der Waals surface area contributed by atoms with Crippen molar-refractivity contribution in [1.29, 1.82) is 0 Å². The van der Waals surface area contributed by atoms with Gasteiger partial charge in [0.2, 0.25) is 0 Å². The van der Waals surface area contributed by atoms with E-state index in [0.717, 1.165) is 12.1 Å². The topological polar surface area (TPSA) is 17.1 Å². The molecule has 0 spiro atoms. The summed E-state index contributed by atoms with van der Waals surface area (Å²) in [5.41, 5.74) is -1.61. The largest absolute Gasteiger partial charge is 0.288 e. The molecule has 1 nitrogen and oxygen atoms in total. The molecular weight excluding hydrogens is 279 g/mol. The van der Waals surface area contributed by atoms with Crippen molar-refractivity contribution < 1.29 is 26.7 Å². The summed E-state index contributed by atoms with van der Waals surface area (Å²) in [4.78, 5) is 11.9. The van der Waals surface area contributed by atoms with E-state index in [9.17, 15) is 26.7 Å². The summed E-state index contributed by atoms with van der Waals surface area (Å²) >= 11 is 0. The molecule has 0 fully saturated rings. The summed E-state index contributed by atoms with van der Waals surface area (Å²) < 4.78 is 66.2. The fourth-order valence-electron chi connectivity index (χ4n) is 1.70. The highest BCUT2D eigenvalue weighted by atomic mass is 19.2. The highest BCUT2D eigenvalue weighted by Crippen LogP contribution is 2.22. The molecule has 0 aromatic heterocycles. The van der Waals surface area contributed by atoms with Gasteiger partial charge >= 0.3 is 0 Å². The van der Waals surface area contributed by atoms with Crippen molar-refractivity contribution in [2.45, 2.75) is 6.92 Å². The summed E-state index contributed by atoms with van der Waals surface area (Å²) in [7, 11) is 0. The van der Waals surface area contributed by atoms with Gasteiger partial charge in [-0.15, -0.1) is 0 Å². The van der Waals surface area contributed by atoms with Crippen LogP contribution in [0.1, 0.15) is 21.5 Å². The van der Waals surface area contributed by atoms with Crippen LogP contribution in [0.25, 0.3) is 0 Å². The predicted molar refractivity (Wildman–Crippen MR) is 60.8 cm³/mol. The SMILES string of the molecule is Cc1ccc(F)c(C(=O)c2cc(F)c(F)c(F)c2)c1F. The molecule has 0 aliphatic heterocycles. The maximum absolute atomic E-state index is 13.8. The first-order valence-corrected chi connectivity index (χ1v) is 5.46. The van der Waals surface area contributed by atoms with Crippen molar-refractivity contribution in [1.82, 2.24) is 0 Å². The number of rotatable bonds is 2. The number of halogens is 5. The molecule has 2 aromatic rings. The van der Waals surface area contributed by atoms with E-state index in [1.165, 1.54) is 6.92 Å². The lowest BCUT2D eigenvalue weighted by atomic mass is 10.00. The van der Waals surface area contributed by atoms with Crippen molar-refractivity contribution in [2.24, 2.45) is 0 Å². The van der Waals surface area contributed by atoms with Gasteiger partial charge in [-0.05, 0) is 30.7 Å². The van der Waals surface area contributed by atoms with E-state index >= 15 is 0 Å². The Kier molecular flexibility index (Phi) is 3.57. The van der Waals surface area contributed by atoms with Crippen LogP contribution in [0.3, 0.4) is 0 Å². The quantitative estimate of drug-likeness (QED) is 0.464.